The quantitative estimate of drug-likeness (QED) is 0.447. The molecule has 1 unspecified atom stereocenters. The molecule has 11 heteroatoms. The third kappa shape index (κ3) is 5.48. The van der Waals surface area contributed by atoms with E-state index in [0.29, 0.717) is 38.4 Å². The van der Waals surface area contributed by atoms with Crippen LogP contribution in [0.3, 0.4) is 0 Å². The Morgan fingerprint density at radius 2 is 1.94 bits per heavy atom. The number of anilines is 2. The molecule has 1 fully saturated rings. The van der Waals surface area contributed by atoms with Crippen LogP contribution in [-0.2, 0) is 14.8 Å². The highest BCUT2D eigenvalue weighted by Crippen LogP contribution is 2.47. The van der Waals surface area contributed by atoms with Crippen molar-refractivity contribution in [3.8, 4) is 0 Å². The second kappa shape index (κ2) is 9.86. The summed E-state index contributed by atoms with van der Waals surface area (Å²) in [5, 5.41) is 20.9. The standard InChI is InChI=1S/C20H26N4O5S2/c1-3-14(2)22-18-16(23-9-11-29-12-10-23)13-17(30-15-7-5-4-6-8-15)20(31(21,27)28)19(18)24(25)26/h4-8,13-14,22H,3,9-12H2,1-2H3,(H2,21,27,28). The molecule has 9 nitrogen and oxygen atoms in total. The fourth-order valence-corrected chi connectivity index (χ4v) is 5.46. The Hall–Kier alpha value is -2.34. The largest absolute Gasteiger partial charge is 0.378 e. The number of sulfonamides is 1. The van der Waals surface area contributed by atoms with Gasteiger partial charge in [0.1, 0.15) is 5.69 Å². The summed E-state index contributed by atoms with van der Waals surface area (Å²) in [6.45, 7) is 5.87. The molecular weight excluding hydrogens is 440 g/mol. The van der Waals surface area contributed by atoms with E-state index < -0.39 is 25.5 Å². The molecule has 168 valence electrons. The number of primary sulfonamides is 1. The van der Waals surface area contributed by atoms with Gasteiger partial charge < -0.3 is 15.0 Å². The number of morpholine rings is 1. The van der Waals surface area contributed by atoms with E-state index in [1.54, 1.807) is 6.07 Å². The van der Waals surface area contributed by atoms with E-state index in [1.807, 2.05) is 49.1 Å². The lowest BCUT2D eigenvalue weighted by atomic mass is 10.1. The first-order valence-electron chi connectivity index (χ1n) is 9.92. The van der Waals surface area contributed by atoms with E-state index >= 15 is 0 Å². The van der Waals surface area contributed by atoms with Gasteiger partial charge in [0.25, 0.3) is 0 Å². The van der Waals surface area contributed by atoms with Crippen molar-refractivity contribution in [2.75, 3.05) is 36.5 Å². The lowest BCUT2D eigenvalue weighted by Gasteiger charge is -2.32. The van der Waals surface area contributed by atoms with Gasteiger partial charge in [0.15, 0.2) is 4.90 Å². The van der Waals surface area contributed by atoms with Gasteiger partial charge in [-0.1, -0.05) is 36.9 Å². The van der Waals surface area contributed by atoms with E-state index in [0.717, 1.165) is 16.7 Å². The smallest absolute Gasteiger partial charge is 0.315 e. The van der Waals surface area contributed by atoms with Crippen LogP contribution in [0, 0.1) is 10.1 Å². The molecule has 31 heavy (non-hydrogen) atoms. The second-order valence-corrected chi connectivity index (χ2v) is 9.83. The van der Waals surface area contributed by atoms with E-state index in [9.17, 15) is 18.5 Å². The van der Waals surface area contributed by atoms with Crippen LogP contribution in [0.1, 0.15) is 20.3 Å². The number of nitro groups is 1. The average Bonchev–Trinajstić information content (AvgIpc) is 2.74. The molecule has 3 N–H and O–H groups in total. The monoisotopic (exact) mass is 466 g/mol. The Bertz CT molecular complexity index is 1040. The highest BCUT2D eigenvalue weighted by molar-refractivity contribution is 8.00. The van der Waals surface area contributed by atoms with Crippen molar-refractivity contribution in [2.45, 2.75) is 41.0 Å². The molecule has 0 radical (unpaired) electrons. The zero-order chi connectivity index (χ0) is 22.6. The van der Waals surface area contributed by atoms with Gasteiger partial charge in [0.05, 0.1) is 23.8 Å². The number of nitro benzene ring substituents is 1. The van der Waals surface area contributed by atoms with Crippen LogP contribution in [0.2, 0.25) is 0 Å². The normalized spacial score (nSPS) is 15.5. The Morgan fingerprint density at radius 3 is 2.48 bits per heavy atom. The minimum atomic E-state index is -4.39. The van der Waals surface area contributed by atoms with Crippen LogP contribution in [0.4, 0.5) is 17.1 Å². The van der Waals surface area contributed by atoms with Crippen LogP contribution < -0.4 is 15.4 Å². The molecule has 1 atom stereocenters. The van der Waals surface area contributed by atoms with Crippen molar-refractivity contribution < 1.29 is 18.1 Å². The molecule has 0 spiro atoms. The summed E-state index contributed by atoms with van der Waals surface area (Å²) in [7, 11) is -4.39. The SMILES string of the molecule is CCC(C)Nc1c(N2CCOCC2)cc(Sc2ccccc2)c(S(N)(=O)=O)c1[N+](=O)[O-]. The first-order chi connectivity index (χ1) is 14.7. The Balaban J connectivity index is 2.31. The van der Waals surface area contributed by atoms with Crippen molar-refractivity contribution in [3.05, 3.63) is 46.5 Å². The molecule has 0 aromatic heterocycles. The van der Waals surface area contributed by atoms with Gasteiger partial charge in [-0.2, -0.15) is 0 Å². The molecule has 1 heterocycles. The average molecular weight is 467 g/mol. The topological polar surface area (TPSA) is 128 Å². The Kier molecular flexibility index (Phi) is 7.42. The van der Waals surface area contributed by atoms with Gasteiger partial charge in [-0.15, -0.1) is 0 Å². The maximum absolute atomic E-state index is 12.6. The highest BCUT2D eigenvalue weighted by atomic mass is 32.2. The van der Waals surface area contributed by atoms with Gasteiger partial charge >= 0.3 is 5.69 Å². The number of hydrogen-bond acceptors (Lipinski definition) is 8. The highest BCUT2D eigenvalue weighted by Gasteiger charge is 2.35. The van der Waals surface area contributed by atoms with Crippen LogP contribution in [0.25, 0.3) is 0 Å². The number of ether oxygens (including phenoxy) is 1. The summed E-state index contributed by atoms with van der Waals surface area (Å²) in [4.78, 5) is 14.0. The summed E-state index contributed by atoms with van der Waals surface area (Å²) in [5.41, 5.74) is 0.217. The lowest BCUT2D eigenvalue weighted by molar-refractivity contribution is -0.387. The first kappa shape index (κ1) is 23.3. The number of nitrogens with one attached hydrogen (secondary N) is 1. The number of hydrogen-bond donors (Lipinski definition) is 2. The lowest BCUT2D eigenvalue weighted by Crippen LogP contribution is -2.37. The molecule has 0 amide bonds. The second-order valence-electron chi connectivity index (χ2n) is 7.22. The van der Waals surface area contributed by atoms with Crippen LogP contribution >= 0.6 is 11.8 Å². The molecule has 1 aliphatic rings. The fraction of sp³-hybridized carbons (Fsp3) is 0.400. The number of rotatable bonds is 8. The number of nitrogens with zero attached hydrogens (tertiary/aromatic N) is 2. The van der Waals surface area contributed by atoms with E-state index in [4.69, 9.17) is 9.88 Å². The first-order valence-corrected chi connectivity index (χ1v) is 12.3. The predicted octanol–water partition coefficient (Wildman–Crippen LogP) is 3.44. The third-order valence-electron chi connectivity index (χ3n) is 4.99. The van der Waals surface area contributed by atoms with Crippen molar-refractivity contribution in [3.63, 3.8) is 0 Å². The molecule has 1 saturated heterocycles. The maximum Gasteiger partial charge on any atom is 0.315 e. The third-order valence-corrected chi connectivity index (χ3v) is 7.15. The molecule has 0 aliphatic carbocycles. The zero-order valence-electron chi connectivity index (χ0n) is 17.4. The Morgan fingerprint density at radius 1 is 1.29 bits per heavy atom. The molecule has 2 aromatic carbocycles. The molecular formula is C20H26N4O5S2. The summed E-state index contributed by atoms with van der Waals surface area (Å²) in [6.07, 6.45) is 0.699. The molecule has 0 bridgehead atoms. The van der Waals surface area contributed by atoms with Gasteiger partial charge in [0, 0.05) is 28.9 Å². The van der Waals surface area contributed by atoms with E-state index in [-0.39, 0.29) is 16.6 Å². The fourth-order valence-electron chi connectivity index (χ4n) is 3.30. The minimum absolute atomic E-state index is 0.112. The number of benzene rings is 2. The van der Waals surface area contributed by atoms with Gasteiger partial charge in [-0.3, -0.25) is 10.1 Å². The van der Waals surface area contributed by atoms with Crippen LogP contribution in [-0.4, -0.2) is 45.7 Å². The maximum atomic E-state index is 12.6. The van der Waals surface area contributed by atoms with Crippen molar-refractivity contribution in [1.82, 2.24) is 0 Å². The molecule has 0 saturated carbocycles. The summed E-state index contributed by atoms with van der Waals surface area (Å²) in [6, 6.07) is 10.7. The zero-order valence-corrected chi connectivity index (χ0v) is 19.0. The molecule has 3 rings (SSSR count). The summed E-state index contributed by atoms with van der Waals surface area (Å²) >= 11 is 1.13. The van der Waals surface area contributed by atoms with Gasteiger partial charge in [0.2, 0.25) is 10.0 Å². The van der Waals surface area contributed by atoms with Crippen molar-refractivity contribution >= 4 is 38.8 Å². The van der Waals surface area contributed by atoms with Gasteiger partial charge in [-0.05, 0) is 31.5 Å². The van der Waals surface area contributed by atoms with E-state index in [1.165, 1.54) is 0 Å². The van der Waals surface area contributed by atoms with Crippen LogP contribution in [0.5, 0.6) is 0 Å². The Labute approximate surface area is 186 Å². The molecule has 2 aromatic rings. The summed E-state index contributed by atoms with van der Waals surface area (Å²) in [5.74, 6) is 0. The summed E-state index contributed by atoms with van der Waals surface area (Å²) < 4.78 is 30.6. The minimum Gasteiger partial charge on any atom is -0.378 e. The molecule has 1 aliphatic heterocycles. The van der Waals surface area contributed by atoms with E-state index in [2.05, 4.69) is 5.32 Å². The van der Waals surface area contributed by atoms with Crippen molar-refractivity contribution in [1.29, 1.82) is 0 Å². The van der Waals surface area contributed by atoms with Crippen LogP contribution in [0.15, 0.2) is 51.1 Å². The number of nitrogens with two attached hydrogens (primary N) is 1. The van der Waals surface area contributed by atoms with Gasteiger partial charge in [-0.25, -0.2) is 13.6 Å². The van der Waals surface area contributed by atoms with Crippen molar-refractivity contribution in [2.24, 2.45) is 5.14 Å². The predicted molar refractivity (Wildman–Crippen MR) is 121 cm³/mol.